The van der Waals surface area contributed by atoms with Crippen molar-refractivity contribution in [3.05, 3.63) is 0 Å². The predicted octanol–water partition coefficient (Wildman–Crippen LogP) is 1.27. The molecule has 6 heteroatoms. The number of nitrogens with zero attached hydrogens (tertiary/aromatic N) is 1. The second kappa shape index (κ2) is 9.61. The molecule has 112 valence electrons. The Morgan fingerprint density at radius 2 is 1.89 bits per heavy atom. The molecule has 0 bridgehead atoms. The number of hydrogen-bond acceptors (Lipinski definition) is 3. The molecule has 0 heterocycles. The van der Waals surface area contributed by atoms with Crippen molar-refractivity contribution in [3.8, 4) is 0 Å². The minimum absolute atomic E-state index is 0.377. The lowest BCUT2D eigenvalue weighted by atomic mass is 10.2. The number of carboxylic acid groups (broad SMARTS) is 1. The number of nitrogens with one attached hydrogen (secondary N) is 2. The largest absolute Gasteiger partial charge is 0.480 e. The number of aliphatic carboxylic acids is 1. The molecule has 1 atom stereocenters. The smallest absolute Gasteiger partial charge is 0.326 e. The van der Waals surface area contributed by atoms with Crippen molar-refractivity contribution in [1.29, 1.82) is 0 Å². The Balaban J connectivity index is 3.67. The minimum Gasteiger partial charge on any atom is -0.480 e. The third-order valence-electron chi connectivity index (χ3n) is 3.12. The van der Waals surface area contributed by atoms with Crippen molar-refractivity contribution >= 4 is 12.0 Å². The van der Waals surface area contributed by atoms with Crippen LogP contribution in [0.4, 0.5) is 4.79 Å². The Kier molecular flexibility index (Phi) is 8.95. The second-order valence-electron chi connectivity index (χ2n) is 4.98. The topological polar surface area (TPSA) is 81.7 Å². The molecule has 0 aliphatic carbocycles. The van der Waals surface area contributed by atoms with Crippen LogP contribution in [-0.4, -0.2) is 54.2 Å². The first kappa shape index (κ1) is 17.7. The quantitative estimate of drug-likeness (QED) is 0.553. The van der Waals surface area contributed by atoms with Gasteiger partial charge in [0.1, 0.15) is 6.04 Å². The number of rotatable bonds is 9. The van der Waals surface area contributed by atoms with Crippen LogP contribution in [0, 0.1) is 0 Å². The molecule has 0 fully saturated rings. The van der Waals surface area contributed by atoms with Crippen molar-refractivity contribution in [2.45, 2.75) is 52.1 Å². The van der Waals surface area contributed by atoms with E-state index in [9.17, 15) is 9.59 Å². The molecule has 0 saturated heterocycles. The zero-order valence-electron chi connectivity index (χ0n) is 12.4. The fourth-order valence-corrected chi connectivity index (χ4v) is 1.49. The van der Waals surface area contributed by atoms with Gasteiger partial charge in [-0.2, -0.15) is 0 Å². The molecule has 0 aliphatic rings. The summed E-state index contributed by atoms with van der Waals surface area (Å²) >= 11 is 0. The van der Waals surface area contributed by atoms with Gasteiger partial charge in [-0.15, -0.1) is 0 Å². The SMILES string of the molecule is CCC(NC(=O)NCCCCN(C)C(C)C)C(=O)O. The van der Waals surface area contributed by atoms with E-state index in [2.05, 4.69) is 36.4 Å². The summed E-state index contributed by atoms with van der Waals surface area (Å²) in [4.78, 5) is 24.4. The Hall–Kier alpha value is -1.30. The van der Waals surface area contributed by atoms with Crippen LogP contribution < -0.4 is 10.6 Å². The Bertz CT molecular complexity index is 282. The van der Waals surface area contributed by atoms with E-state index in [0.717, 1.165) is 19.4 Å². The van der Waals surface area contributed by atoms with Crippen LogP contribution in [-0.2, 0) is 4.79 Å². The summed E-state index contributed by atoms with van der Waals surface area (Å²) in [6.45, 7) is 7.56. The molecule has 0 aliphatic heterocycles. The van der Waals surface area contributed by atoms with E-state index in [4.69, 9.17) is 5.11 Å². The predicted molar refractivity (Wildman–Crippen MR) is 75.2 cm³/mol. The van der Waals surface area contributed by atoms with Crippen LogP contribution in [0.25, 0.3) is 0 Å². The van der Waals surface area contributed by atoms with Crippen LogP contribution in [0.3, 0.4) is 0 Å². The van der Waals surface area contributed by atoms with Crippen molar-refractivity contribution in [3.63, 3.8) is 0 Å². The Morgan fingerprint density at radius 3 is 2.37 bits per heavy atom. The molecule has 0 aromatic carbocycles. The number of carbonyl (C=O) groups is 2. The van der Waals surface area contributed by atoms with Gasteiger partial charge in [-0.3, -0.25) is 0 Å². The number of unbranched alkanes of at least 4 members (excludes halogenated alkanes) is 1. The summed E-state index contributed by atoms with van der Waals surface area (Å²) in [6.07, 6.45) is 2.27. The molecule has 0 spiro atoms. The third kappa shape index (κ3) is 8.42. The van der Waals surface area contributed by atoms with Crippen LogP contribution >= 0.6 is 0 Å². The first-order chi connectivity index (χ1) is 8.88. The molecule has 0 aromatic rings. The van der Waals surface area contributed by atoms with Gasteiger partial charge in [0.05, 0.1) is 0 Å². The number of urea groups is 1. The first-order valence-electron chi connectivity index (χ1n) is 6.85. The number of carbonyl (C=O) groups excluding carboxylic acids is 1. The molecule has 2 amide bonds. The monoisotopic (exact) mass is 273 g/mol. The molecule has 6 nitrogen and oxygen atoms in total. The zero-order valence-corrected chi connectivity index (χ0v) is 12.4. The van der Waals surface area contributed by atoms with E-state index in [0.29, 0.717) is 19.0 Å². The standard InChI is InChI=1S/C13H27N3O3/c1-5-11(12(17)18)15-13(19)14-8-6-7-9-16(4)10(2)3/h10-11H,5-9H2,1-4H3,(H,17,18)(H2,14,15,19). The summed E-state index contributed by atoms with van der Waals surface area (Å²) in [5, 5.41) is 13.9. The van der Waals surface area contributed by atoms with Crippen molar-refractivity contribution < 1.29 is 14.7 Å². The lowest BCUT2D eigenvalue weighted by Crippen LogP contribution is -2.45. The van der Waals surface area contributed by atoms with E-state index < -0.39 is 18.0 Å². The van der Waals surface area contributed by atoms with Gasteiger partial charge in [-0.05, 0) is 46.7 Å². The maximum absolute atomic E-state index is 11.4. The van der Waals surface area contributed by atoms with Crippen LogP contribution in [0.2, 0.25) is 0 Å². The molecule has 0 saturated carbocycles. The molecule has 0 rings (SSSR count). The third-order valence-corrected chi connectivity index (χ3v) is 3.12. The maximum Gasteiger partial charge on any atom is 0.326 e. The Labute approximate surface area is 115 Å². The molecular formula is C13H27N3O3. The van der Waals surface area contributed by atoms with Gasteiger partial charge in [0.2, 0.25) is 0 Å². The van der Waals surface area contributed by atoms with Crippen molar-refractivity contribution in [2.75, 3.05) is 20.1 Å². The van der Waals surface area contributed by atoms with E-state index in [1.54, 1.807) is 6.92 Å². The lowest BCUT2D eigenvalue weighted by molar-refractivity contribution is -0.139. The van der Waals surface area contributed by atoms with Gasteiger partial charge >= 0.3 is 12.0 Å². The van der Waals surface area contributed by atoms with Crippen LogP contribution in [0.5, 0.6) is 0 Å². The normalized spacial score (nSPS) is 12.5. The summed E-state index contributed by atoms with van der Waals surface area (Å²) in [7, 11) is 2.07. The molecule has 1 unspecified atom stereocenters. The molecule has 3 N–H and O–H groups in total. The first-order valence-corrected chi connectivity index (χ1v) is 6.85. The highest BCUT2D eigenvalue weighted by Gasteiger charge is 2.16. The average molecular weight is 273 g/mol. The molecule has 19 heavy (non-hydrogen) atoms. The summed E-state index contributed by atoms with van der Waals surface area (Å²) in [5.74, 6) is -1.00. The van der Waals surface area contributed by atoms with Gasteiger partial charge in [-0.1, -0.05) is 6.92 Å². The van der Waals surface area contributed by atoms with E-state index in [1.165, 1.54) is 0 Å². The lowest BCUT2D eigenvalue weighted by Gasteiger charge is -2.20. The van der Waals surface area contributed by atoms with E-state index in [1.807, 2.05) is 0 Å². The second-order valence-corrected chi connectivity index (χ2v) is 4.98. The van der Waals surface area contributed by atoms with Crippen molar-refractivity contribution in [2.24, 2.45) is 0 Å². The summed E-state index contributed by atoms with van der Waals surface area (Å²) < 4.78 is 0. The van der Waals surface area contributed by atoms with E-state index >= 15 is 0 Å². The van der Waals surface area contributed by atoms with E-state index in [-0.39, 0.29) is 0 Å². The van der Waals surface area contributed by atoms with Gasteiger partial charge in [0.25, 0.3) is 0 Å². The van der Waals surface area contributed by atoms with Gasteiger partial charge in [0, 0.05) is 12.6 Å². The maximum atomic E-state index is 11.4. The van der Waals surface area contributed by atoms with Crippen LogP contribution in [0.1, 0.15) is 40.0 Å². The highest BCUT2D eigenvalue weighted by Crippen LogP contribution is 1.97. The van der Waals surface area contributed by atoms with Gasteiger partial charge in [0.15, 0.2) is 0 Å². The van der Waals surface area contributed by atoms with Gasteiger partial charge < -0.3 is 20.6 Å². The summed E-state index contributed by atoms with van der Waals surface area (Å²) in [6, 6.07) is -0.698. The molecular weight excluding hydrogens is 246 g/mol. The summed E-state index contributed by atoms with van der Waals surface area (Å²) in [5.41, 5.74) is 0. The van der Waals surface area contributed by atoms with Crippen LogP contribution in [0.15, 0.2) is 0 Å². The highest BCUT2D eigenvalue weighted by atomic mass is 16.4. The number of carboxylic acids is 1. The minimum atomic E-state index is -1.00. The number of hydrogen-bond donors (Lipinski definition) is 3. The average Bonchev–Trinajstić information content (AvgIpc) is 2.34. The Morgan fingerprint density at radius 1 is 1.26 bits per heavy atom. The number of amides is 2. The highest BCUT2D eigenvalue weighted by molar-refractivity contribution is 5.82. The fourth-order valence-electron chi connectivity index (χ4n) is 1.49. The molecule has 0 radical (unpaired) electrons. The molecule has 0 aromatic heterocycles. The van der Waals surface area contributed by atoms with Crippen molar-refractivity contribution in [1.82, 2.24) is 15.5 Å². The zero-order chi connectivity index (χ0) is 14.8. The fraction of sp³-hybridized carbons (Fsp3) is 0.846. The van der Waals surface area contributed by atoms with Gasteiger partial charge in [-0.25, -0.2) is 9.59 Å².